The van der Waals surface area contributed by atoms with E-state index in [0.29, 0.717) is 17.9 Å². The zero-order chi connectivity index (χ0) is 12.1. The summed E-state index contributed by atoms with van der Waals surface area (Å²) in [5.41, 5.74) is 6.40. The highest BCUT2D eigenvalue weighted by Crippen LogP contribution is 2.32. The first-order chi connectivity index (χ1) is 7.61. The van der Waals surface area contributed by atoms with E-state index in [1.165, 1.54) is 7.11 Å². The maximum Gasteiger partial charge on any atom is 0.327 e. The second-order valence-corrected chi connectivity index (χ2v) is 3.95. The fourth-order valence-corrected chi connectivity index (χ4v) is 1.89. The van der Waals surface area contributed by atoms with Gasteiger partial charge in [-0.3, -0.25) is 0 Å². The number of hydrogen-bond acceptors (Lipinski definition) is 4. The fraction of sp³-hybridized carbons (Fsp3) is 0.364. The summed E-state index contributed by atoms with van der Waals surface area (Å²) >= 11 is 3.33. The Morgan fingerprint density at radius 2 is 2.25 bits per heavy atom. The lowest BCUT2D eigenvalue weighted by atomic mass is 10.1. The minimum absolute atomic E-state index is 0.308. The molecule has 2 N–H and O–H groups in total. The fourth-order valence-electron chi connectivity index (χ4n) is 1.34. The van der Waals surface area contributed by atoms with E-state index in [-0.39, 0.29) is 0 Å². The molecule has 0 heterocycles. The molecule has 1 aromatic rings. The van der Waals surface area contributed by atoms with Gasteiger partial charge in [0.25, 0.3) is 0 Å². The molecule has 0 aromatic heterocycles. The molecular weight excluding hydrogens is 274 g/mol. The Labute approximate surface area is 103 Å². The number of benzene rings is 1. The Hall–Kier alpha value is -1.07. The zero-order valence-electron chi connectivity index (χ0n) is 9.20. The van der Waals surface area contributed by atoms with Gasteiger partial charge in [-0.25, -0.2) is 4.79 Å². The number of ether oxygens (including phenoxy) is 2. The molecule has 88 valence electrons. The van der Waals surface area contributed by atoms with E-state index in [2.05, 4.69) is 15.9 Å². The number of nitrogens with two attached hydrogens (primary N) is 1. The summed E-state index contributed by atoms with van der Waals surface area (Å²) in [7, 11) is 1.53. The quantitative estimate of drug-likeness (QED) is 0.861. The number of carbonyl (C=O) groups is 1. The van der Waals surface area contributed by atoms with Crippen molar-refractivity contribution >= 4 is 21.9 Å². The van der Waals surface area contributed by atoms with E-state index in [0.717, 1.165) is 4.47 Å². The van der Waals surface area contributed by atoms with E-state index >= 15 is 0 Å². The van der Waals surface area contributed by atoms with E-state index in [9.17, 15) is 4.79 Å². The highest BCUT2D eigenvalue weighted by Gasteiger charge is 2.21. The lowest BCUT2D eigenvalue weighted by Crippen LogP contribution is -2.24. The van der Waals surface area contributed by atoms with Crippen molar-refractivity contribution in [2.45, 2.75) is 13.0 Å². The van der Waals surface area contributed by atoms with Crippen LogP contribution in [-0.4, -0.2) is 19.7 Å². The molecule has 1 unspecified atom stereocenters. The van der Waals surface area contributed by atoms with Gasteiger partial charge in [-0.2, -0.15) is 0 Å². The molecule has 5 heteroatoms. The first-order valence-electron chi connectivity index (χ1n) is 4.86. The summed E-state index contributed by atoms with van der Waals surface area (Å²) in [5.74, 6) is 0.0990. The summed E-state index contributed by atoms with van der Waals surface area (Å²) in [6.07, 6.45) is 0. The first kappa shape index (κ1) is 13.0. The van der Waals surface area contributed by atoms with Crippen LogP contribution in [0.15, 0.2) is 22.7 Å². The molecular formula is C11H14BrNO3. The summed E-state index contributed by atoms with van der Waals surface area (Å²) in [6, 6.07) is 4.53. The van der Waals surface area contributed by atoms with E-state index in [1.807, 2.05) is 6.07 Å². The molecule has 0 bridgehead atoms. The molecule has 1 aromatic carbocycles. The van der Waals surface area contributed by atoms with Crippen molar-refractivity contribution in [1.82, 2.24) is 0 Å². The average Bonchev–Trinajstić information content (AvgIpc) is 2.28. The van der Waals surface area contributed by atoms with Crippen molar-refractivity contribution in [3.63, 3.8) is 0 Å². The summed E-state index contributed by atoms with van der Waals surface area (Å²) < 4.78 is 10.8. The van der Waals surface area contributed by atoms with Crippen molar-refractivity contribution in [2.24, 2.45) is 5.73 Å². The SMILES string of the molecule is CCOC(=O)C(N)c1cccc(Br)c1OC. The molecule has 4 nitrogen and oxygen atoms in total. The van der Waals surface area contributed by atoms with Crippen LogP contribution in [0.4, 0.5) is 0 Å². The third-order valence-corrected chi connectivity index (χ3v) is 2.70. The predicted octanol–water partition coefficient (Wildman–Crippen LogP) is 2.02. The average molecular weight is 288 g/mol. The number of esters is 1. The van der Waals surface area contributed by atoms with Gasteiger partial charge in [0, 0.05) is 5.56 Å². The largest absolute Gasteiger partial charge is 0.495 e. The van der Waals surface area contributed by atoms with E-state index in [1.54, 1.807) is 19.1 Å². The van der Waals surface area contributed by atoms with Crippen LogP contribution >= 0.6 is 15.9 Å². The first-order valence-corrected chi connectivity index (χ1v) is 5.65. The third-order valence-electron chi connectivity index (χ3n) is 2.08. The Morgan fingerprint density at radius 1 is 1.56 bits per heavy atom. The number of rotatable bonds is 4. The lowest BCUT2D eigenvalue weighted by Gasteiger charge is -2.15. The Kier molecular flexibility index (Phi) is 4.76. The Balaban J connectivity index is 3.03. The van der Waals surface area contributed by atoms with Gasteiger partial charge in [-0.15, -0.1) is 0 Å². The number of halogens is 1. The second-order valence-electron chi connectivity index (χ2n) is 3.09. The van der Waals surface area contributed by atoms with Crippen LogP contribution in [0.5, 0.6) is 5.75 Å². The van der Waals surface area contributed by atoms with Gasteiger partial charge < -0.3 is 15.2 Å². The number of carbonyl (C=O) groups excluding carboxylic acids is 1. The number of hydrogen-bond donors (Lipinski definition) is 1. The van der Waals surface area contributed by atoms with Crippen LogP contribution < -0.4 is 10.5 Å². The van der Waals surface area contributed by atoms with Crippen molar-refractivity contribution in [3.8, 4) is 5.75 Å². The Morgan fingerprint density at radius 3 is 2.81 bits per heavy atom. The molecule has 0 saturated carbocycles. The van der Waals surface area contributed by atoms with E-state index < -0.39 is 12.0 Å². The van der Waals surface area contributed by atoms with Crippen molar-refractivity contribution in [2.75, 3.05) is 13.7 Å². The molecule has 16 heavy (non-hydrogen) atoms. The van der Waals surface area contributed by atoms with Crippen molar-refractivity contribution < 1.29 is 14.3 Å². The molecule has 0 spiro atoms. The van der Waals surface area contributed by atoms with Crippen molar-refractivity contribution in [3.05, 3.63) is 28.2 Å². The normalized spacial score (nSPS) is 12.0. The molecule has 1 atom stereocenters. The standard InChI is InChI=1S/C11H14BrNO3/c1-3-16-11(14)9(13)7-5-4-6-8(12)10(7)15-2/h4-6,9H,3,13H2,1-2H3. The van der Waals surface area contributed by atoms with Crippen LogP contribution in [0.2, 0.25) is 0 Å². The van der Waals surface area contributed by atoms with Gasteiger partial charge >= 0.3 is 5.97 Å². The molecule has 0 radical (unpaired) electrons. The molecule has 0 aliphatic carbocycles. The zero-order valence-corrected chi connectivity index (χ0v) is 10.8. The van der Waals surface area contributed by atoms with Gasteiger partial charge in [0.1, 0.15) is 11.8 Å². The predicted molar refractivity (Wildman–Crippen MR) is 64.3 cm³/mol. The Bertz CT molecular complexity index is 381. The minimum atomic E-state index is -0.826. The van der Waals surface area contributed by atoms with Gasteiger partial charge in [0.15, 0.2) is 0 Å². The van der Waals surface area contributed by atoms with Gasteiger partial charge in [-0.05, 0) is 28.9 Å². The molecule has 0 saturated heterocycles. The van der Waals surface area contributed by atoms with Gasteiger partial charge in [-0.1, -0.05) is 12.1 Å². The van der Waals surface area contributed by atoms with Crippen LogP contribution in [0, 0.1) is 0 Å². The monoisotopic (exact) mass is 287 g/mol. The second kappa shape index (κ2) is 5.86. The molecule has 1 rings (SSSR count). The summed E-state index contributed by atoms with van der Waals surface area (Å²) in [4.78, 5) is 11.5. The third kappa shape index (κ3) is 2.74. The highest BCUT2D eigenvalue weighted by molar-refractivity contribution is 9.10. The van der Waals surface area contributed by atoms with E-state index in [4.69, 9.17) is 15.2 Å². The summed E-state index contributed by atoms with van der Waals surface area (Å²) in [6.45, 7) is 2.05. The van der Waals surface area contributed by atoms with Crippen LogP contribution in [-0.2, 0) is 9.53 Å². The van der Waals surface area contributed by atoms with Gasteiger partial charge in [0.2, 0.25) is 0 Å². The maximum atomic E-state index is 11.5. The highest BCUT2D eigenvalue weighted by atomic mass is 79.9. The summed E-state index contributed by atoms with van der Waals surface area (Å²) in [5, 5.41) is 0. The molecule has 0 fully saturated rings. The molecule has 0 aliphatic heterocycles. The van der Waals surface area contributed by atoms with Crippen LogP contribution in [0.25, 0.3) is 0 Å². The van der Waals surface area contributed by atoms with Gasteiger partial charge in [0.05, 0.1) is 18.2 Å². The van der Waals surface area contributed by atoms with Crippen molar-refractivity contribution in [1.29, 1.82) is 0 Å². The van der Waals surface area contributed by atoms with Crippen LogP contribution in [0.1, 0.15) is 18.5 Å². The van der Waals surface area contributed by atoms with Crippen LogP contribution in [0.3, 0.4) is 0 Å². The number of methoxy groups -OCH3 is 1. The maximum absolute atomic E-state index is 11.5. The lowest BCUT2D eigenvalue weighted by molar-refractivity contribution is -0.144. The molecule has 0 amide bonds. The minimum Gasteiger partial charge on any atom is -0.495 e. The topological polar surface area (TPSA) is 61.5 Å². The number of para-hydroxylation sites is 1. The molecule has 0 aliphatic rings. The smallest absolute Gasteiger partial charge is 0.327 e.